The van der Waals surface area contributed by atoms with Crippen LogP contribution in [0.1, 0.15) is 12.0 Å². The van der Waals surface area contributed by atoms with E-state index < -0.39 is 11.0 Å². The van der Waals surface area contributed by atoms with Gasteiger partial charge in [-0.05, 0) is 18.1 Å². The maximum absolute atomic E-state index is 11.5. The van der Waals surface area contributed by atoms with E-state index in [9.17, 15) is 20.0 Å². The van der Waals surface area contributed by atoms with Gasteiger partial charge in [0.25, 0.3) is 5.69 Å². The molecule has 7 nitrogen and oxygen atoms in total. The highest BCUT2D eigenvalue weighted by Crippen LogP contribution is 2.13. The Morgan fingerprint density at radius 2 is 2.33 bits per heavy atom. The van der Waals surface area contributed by atoms with Gasteiger partial charge in [-0.3, -0.25) is 14.9 Å². The second-order valence-corrected chi connectivity index (χ2v) is 4.37. The first-order valence-corrected chi connectivity index (χ1v) is 6.40. The number of nitrogens with one attached hydrogen (secondary N) is 1. The minimum atomic E-state index is -0.615. The number of hydrogen-bond acceptors (Lipinski definition) is 5. The van der Waals surface area contributed by atoms with Gasteiger partial charge >= 0.3 is 0 Å². The molecule has 1 rings (SSSR count). The van der Waals surface area contributed by atoms with Crippen molar-refractivity contribution in [1.82, 2.24) is 5.32 Å². The van der Waals surface area contributed by atoms with Crippen molar-refractivity contribution in [1.29, 1.82) is 0 Å². The molecule has 0 saturated heterocycles. The van der Waals surface area contributed by atoms with Gasteiger partial charge in [0.15, 0.2) is 0 Å². The number of amides is 1. The van der Waals surface area contributed by atoms with Crippen LogP contribution in [-0.2, 0) is 9.53 Å². The summed E-state index contributed by atoms with van der Waals surface area (Å²) in [6.45, 7) is 0.544. The van der Waals surface area contributed by atoms with Gasteiger partial charge in [0.2, 0.25) is 5.91 Å². The Morgan fingerprint density at radius 3 is 3.00 bits per heavy atom. The molecule has 0 aliphatic carbocycles. The Balaban J connectivity index is 2.43. The summed E-state index contributed by atoms with van der Waals surface area (Å²) in [5.41, 5.74) is 0.541. The number of ether oxygens (including phenoxy) is 1. The van der Waals surface area contributed by atoms with Gasteiger partial charge < -0.3 is 15.2 Å². The molecule has 0 bridgehead atoms. The number of carbonyl (C=O) groups excluding carboxylic acids is 1. The predicted octanol–water partition coefficient (Wildman–Crippen LogP) is 1.12. The zero-order chi connectivity index (χ0) is 15.7. The van der Waals surface area contributed by atoms with Crippen molar-refractivity contribution in [3.8, 4) is 0 Å². The van der Waals surface area contributed by atoms with Crippen LogP contribution in [-0.4, -0.2) is 42.3 Å². The Morgan fingerprint density at radius 1 is 1.57 bits per heavy atom. The van der Waals surface area contributed by atoms with Crippen molar-refractivity contribution in [2.24, 2.45) is 0 Å². The molecule has 1 amide bonds. The smallest absolute Gasteiger partial charge is 0.270 e. The first-order chi connectivity index (χ1) is 10.0. The van der Waals surface area contributed by atoms with Crippen LogP contribution in [0.2, 0.25) is 0 Å². The monoisotopic (exact) mass is 294 g/mol. The van der Waals surface area contributed by atoms with E-state index in [2.05, 4.69) is 5.32 Å². The highest BCUT2D eigenvalue weighted by Gasteiger charge is 2.05. The third kappa shape index (κ3) is 6.64. The van der Waals surface area contributed by atoms with E-state index in [0.29, 0.717) is 18.5 Å². The molecular formula is C14H18N2O5. The largest absolute Gasteiger partial charge is 0.391 e. The first kappa shape index (κ1) is 16.8. The molecule has 0 aromatic heterocycles. The summed E-state index contributed by atoms with van der Waals surface area (Å²) in [7, 11) is 1.49. The molecule has 7 heteroatoms. The molecule has 0 heterocycles. The number of nitrogens with zero attached hydrogens (tertiary/aromatic N) is 1. The minimum Gasteiger partial charge on any atom is -0.391 e. The molecular weight excluding hydrogens is 276 g/mol. The number of nitro groups is 1. The van der Waals surface area contributed by atoms with Gasteiger partial charge in [-0.25, -0.2) is 0 Å². The molecule has 2 N–H and O–H groups in total. The second kappa shape index (κ2) is 8.83. The lowest BCUT2D eigenvalue weighted by Gasteiger charge is -2.08. The third-order valence-corrected chi connectivity index (χ3v) is 2.64. The lowest BCUT2D eigenvalue weighted by atomic mass is 10.2. The molecule has 1 unspecified atom stereocenters. The summed E-state index contributed by atoms with van der Waals surface area (Å²) in [6.07, 6.45) is 2.57. The molecule has 114 valence electrons. The Bertz CT molecular complexity index is 516. The van der Waals surface area contributed by atoms with E-state index >= 15 is 0 Å². The first-order valence-electron chi connectivity index (χ1n) is 6.40. The quantitative estimate of drug-likeness (QED) is 0.425. The number of aliphatic hydroxyl groups excluding tert-OH is 1. The zero-order valence-electron chi connectivity index (χ0n) is 11.7. The minimum absolute atomic E-state index is 0.0275. The van der Waals surface area contributed by atoms with Crippen LogP contribution in [0.3, 0.4) is 0 Å². The number of rotatable bonds is 8. The van der Waals surface area contributed by atoms with Gasteiger partial charge in [-0.15, -0.1) is 0 Å². The third-order valence-electron chi connectivity index (χ3n) is 2.64. The number of hydrogen-bond donors (Lipinski definition) is 2. The number of aliphatic hydroxyl groups is 1. The molecule has 0 saturated carbocycles. The molecule has 0 aliphatic heterocycles. The number of methoxy groups -OCH3 is 1. The van der Waals surface area contributed by atoms with Gasteiger partial charge in [0, 0.05) is 31.9 Å². The van der Waals surface area contributed by atoms with E-state index in [0.717, 1.165) is 0 Å². The zero-order valence-corrected chi connectivity index (χ0v) is 11.7. The number of carbonyl (C=O) groups is 1. The van der Waals surface area contributed by atoms with Crippen molar-refractivity contribution in [3.05, 3.63) is 46.0 Å². The van der Waals surface area contributed by atoms with E-state index in [1.807, 2.05) is 0 Å². The molecule has 0 spiro atoms. The van der Waals surface area contributed by atoms with Crippen LogP contribution in [0.4, 0.5) is 5.69 Å². The van der Waals surface area contributed by atoms with Crippen molar-refractivity contribution >= 4 is 17.7 Å². The highest BCUT2D eigenvalue weighted by atomic mass is 16.6. The lowest BCUT2D eigenvalue weighted by Crippen LogP contribution is -2.27. The van der Waals surface area contributed by atoms with Crippen LogP contribution in [0.15, 0.2) is 30.3 Å². The molecule has 21 heavy (non-hydrogen) atoms. The average Bonchev–Trinajstić information content (AvgIpc) is 2.45. The lowest BCUT2D eigenvalue weighted by molar-refractivity contribution is -0.384. The standard InChI is InChI=1S/C14H18N2O5/c1-21-10-13(17)7-8-15-14(18)6-5-11-3-2-4-12(9-11)16(19)20/h2-6,9,13,17H,7-8,10H2,1H3,(H,15,18)/b6-5+. The number of nitro benzene ring substituents is 1. The Kier molecular flexibility index (Phi) is 7.06. The summed E-state index contributed by atoms with van der Waals surface area (Å²) in [6, 6.07) is 5.98. The Labute approximate surface area is 122 Å². The molecule has 1 atom stereocenters. The van der Waals surface area contributed by atoms with Gasteiger partial charge in [-0.2, -0.15) is 0 Å². The number of non-ortho nitro benzene ring substituents is 1. The van der Waals surface area contributed by atoms with Crippen LogP contribution in [0.5, 0.6) is 0 Å². The van der Waals surface area contributed by atoms with E-state index in [1.165, 1.54) is 31.4 Å². The summed E-state index contributed by atoms with van der Waals surface area (Å²) in [5.74, 6) is -0.328. The van der Waals surface area contributed by atoms with Gasteiger partial charge in [-0.1, -0.05) is 12.1 Å². The van der Waals surface area contributed by atoms with E-state index in [4.69, 9.17) is 4.74 Å². The van der Waals surface area contributed by atoms with Crippen LogP contribution in [0, 0.1) is 10.1 Å². The van der Waals surface area contributed by atoms with Crippen molar-refractivity contribution in [3.63, 3.8) is 0 Å². The predicted molar refractivity (Wildman–Crippen MR) is 77.6 cm³/mol. The van der Waals surface area contributed by atoms with Gasteiger partial charge in [0.1, 0.15) is 0 Å². The molecule has 0 radical (unpaired) electrons. The van der Waals surface area contributed by atoms with E-state index in [-0.39, 0.29) is 18.2 Å². The van der Waals surface area contributed by atoms with Crippen LogP contribution >= 0.6 is 0 Å². The fraction of sp³-hybridized carbons (Fsp3) is 0.357. The topological polar surface area (TPSA) is 102 Å². The highest BCUT2D eigenvalue weighted by molar-refractivity contribution is 5.91. The summed E-state index contributed by atoms with van der Waals surface area (Å²) in [5, 5.41) is 22.6. The number of benzene rings is 1. The SMILES string of the molecule is COCC(O)CCNC(=O)/C=C/c1cccc([N+](=O)[O-])c1. The Hall–Kier alpha value is -2.25. The molecule has 1 aromatic carbocycles. The summed E-state index contributed by atoms with van der Waals surface area (Å²) >= 11 is 0. The van der Waals surface area contributed by atoms with E-state index in [1.54, 1.807) is 12.1 Å². The molecule has 0 fully saturated rings. The van der Waals surface area contributed by atoms with Gasteiger partial charge in [0.05, 0.1) is 17.6 Å². The summed E-state index contributed by atoms with van der Waals surface area (Å²) < 4.78 is 4.77. The van der Waals surface area contributed by atoms with Crippen molar-refractivity contribution < 1.29 is 19.6 Å². The summed E-state index contributed by atoms with van der Waals surface area (Å²) in [4.78, 5) is 21.7. The fourth-order valence-corrected chi connectivity index (χ4v) is 1.61. The van der Waals surface area contributed by atoms with Crippen molar-refractivity contribution in [2.75, 3.05) is 20.3 Å². The molecule has 1 aromatic rings. The second-order valence-electron chi connectivity index (χ2n) is 4.37. The normalized spacial score (nSPS) is 12.3. The van der Waals surface area contributed by atoms with Crippen LogP contribution in [0.25, 0.3) is 6.08 Å². The molecule has 0 aliphatic rings. The van der Waals surface area contributed by atoms with Crippen molar-refractivity contribution in [2.45, 2.75) is 12.5 Å². The maximum Gasteiger partial charge on any atom is 0.270 e. The maximum atomic E-state index is 11.5. The van der Waals surface area contributed by atoms with Crippen LogP contribution < -0.4 is 5.32 Å². The average molecular weight is 294 g/mol. The fourth-order valence-electron chi connectivity index (χ4n) is 1.61.